The Balaban J connectivity index is 1.37. The molecule has 9 nitrogen and oxygen atoms in total. The highest BCUT2D eigenvalue weighted by molar-refractivity contribution is 9.10. The molecular weight excluding hydrogens is 578 g/mol. The molecule has 0 spiro atoms. The fourth-order valence-electron chi connectivity index (χ4n) is 5.29. The first kappa shape index (κ1) is 29.5. The van der Waals surface area contributed by atoms with Crippen LogP contribution in [0, 0.1) is 5.92 Å². The molecule has 0 aromatic heterocycles. The Morgan fingerprint density at radius 1 is 0.975 bits per heavy atom. The minimum absolute atomic E-state index is 0.0627. The molecule has 0 saturated carbocycles. The van der Waals surface area contributed by atoms with Crippen molar-refractivity contribution >= 4 is 45.5 Å². The Hall–Kier alpha value is -3.53. The Kier molecular flexibility index (Phi) is 9.40. The van der Waals surface area contributed by atoms with Crippen LogP contribution in [0.4, 0.5) is 0 Å². The molecule has 2 aliphatic heterocycles. The predicted octanol–water partition coefficient (Wildman–Crippen LogP) is 3.79. The zero-order valence-corrected chi connectivity index (χ0v) is 24.2. The summed E-state index contributed by atoms with van der Waals surface area (Å²) in [5.74, 6) is -2.39. The molecule has 2 aromatic rings. The van der Waals surface area contributed by atoms with E-state index in [0.717, 1.165) is 11.1 Å². The first-order valence-corrected chi connectivity index (χ1v) is 14.5. The number of imide groups is 1. The van der Waals surface area contributed by atoms with Gasteiger partial charge >= 0.3 is 5.97 Å². The molecule has 212 valence electrons. The van der Waals surface area contributed by atoms with Crippen LogP contribution < -0.4 is 5.32 Å². The number of hydrogen-bond donors (Lipinski definition) is 2. The molecule has 10 heteroatoms. The van der Waals surface area contributed by atoms with Gasteiger partial charge in [-0.3, -0.25) is 24.1 Å². The van der Waals surface area contributed by atoms with Gasteiger partial charge in [-0.2, -0.15) is 0 Å². The molecular formula is C30H34BrN3O6. The lowest BCUT2D eigenvalue weighted by Gasteiger charge is -2.31. The van der Waals surface area contributed by atoms with E-state index in [-0.39, 0.29) is 43.1 Å². The summed E-state index contributed by atoms with van der Waals surface area (Å²) in [6, 6.07) is 12.3. The van der Waals surface area contributed by atoms with E-state index in [0.29, 0.717) is 36.8 Å². The van der Waals surface area contributed by atoms with E-state index < -0.39 is 28.8 Å². The number of rotatable bonds is 11. The minimum atomic E-state index is -1.07. The quantitative estimate of drug-likeness (QED) is 0.226. The number of nitrogens with one attached hydrogen (secondary N) is 1. The molecule has 2 aromatic carbocycles. The van der Waals surface area contributed by atoms with Crippen molar-refractivity contribution in [2.45, 2.75) is 69.4 Å². The van der Waals surface area contributed by atoms with Crippen molar-refractivity contribution in [2.24, 2.45) is 5.92 Å². The van der Waals surface area contributed by atoms with E-state index >= 15 is 0 Å². The highest BCUT2D eigenvalue weighted by atomic mass is 79.9. The maximum atomic E-state index is 13.6. The third-order valence-corrected chi connectivity index (χ3v) is 8.26. The normalized spacial score (nSPS) is 18.3. The maximum Gasteiger partial charge on any atom is 0.326 e. The number of nitrogens with zero attached hydrogens (tertiary/aromatic N) is 2. The lowest BCUT2D eigenvalue weighted by molar-refractivity contribution is -0.152. The Morgan fingerprint density at radius 3 is 2.17 bits per heavy atom. The topological polar surface area (TPSA) is 124 Å². The van der Waals surface area contributed by atoms with Gasteiger partial charge in [0.1, 0.15) is 12.1 Å². The zero-order valence-electron chi connectivity index (χ0n) is 22.6. The summed E-state index contributed by atoms with van der Waals surface area (Å²) in [6.45, 7) is 4.25. The summed E-state index contributed by atoms with van der Waals surface area (Å²) >= 11 is 3.42. The van der Waals surface area contributed by atoms with Gasteiger partial charge in [0.2, 0.25) is 11.8 Å². The smallest absolute Gasteiger partial charge is 0.326 e. The molecule has 40 heavy (non-hydrogen) atoms. The first-order chi connectivity index (χ1) is 19.1. The molecule has 0 saturated heterocycles. The van der Waals surface area contributed by atoms with Crippen molar-refractivity contribution in [3.8, 4) is 0 Å². The number of benzene rings is 2. The first-order valence-electron chi connectivity index (χ1n) is 13.6. The molecule has 4 amide bonds. The summed E-state index contributed by atoms with van der Waals surface area (Å²) in [7, 11) is 0. The number of carbonyl (C=O) groups is 5. The van der Waals surface area contributed by atoms with Crippen LogP contribution in [0.1, 0.15) is 71.4 Å². The van der Waals surface area contributed by atoms with Gasteiger partial charge in [-0.05, 0) is 48.4 Å². The predicted molar refractivity (Wildman–Crippen MR) is 152 cm³/mol. The Bertz CT molecular complexity index is 1280. The van der Waals surface area contributed by atoms with E-state index in [1.165, 1.54) is 9.80 Å². The number of unbranched alkanes of at least 4 members (excludes halogenated alkanes) is 1. The van der Waals surface area contributed by atoms with Gasteiger partial charge in [0, 0.05) is 19.5 Å². The zero-order chi connectivity index (χ0) is 29.0. The lowest BCUT2D eigenvalue weighted by atomic mass is 10.0. The average Bonchev–Trinajstić information content (AvgIpc) is 3.07. The van der Waals surface area contributed by atoms with Crippen molar-refractivity contribution < 1.29 is 29.1 Å². The molecule has 2 aliphatic rings. The number of hydrogen-bond acceptors (Lipinski definition) is 5. The highest BCUT2D eigenvalue weighted by Gasteiger charge is 2.38. The number of carbonyl (C=O) groups excluding carboxylic acids is 4. The van der Waals surface area contributed by atoms with E-state index in [1.54, 1.807) is 24.3 Å². The van der Waals surface area contributed by atoms with Crippen molar-refractivity contribution in [3.63, 3.8) is 0 Å². The van der Waals surface area contributed by atoms with Crippen LogP contribution in [0.5, 0.6) is 0 Å². The number of amides is 4. The molecule has 0 aliphatic carbocycles. The monoisotopic (exact) mass is 611 g/mol. The van der Waals surface area contributed by atoms with Crippen molar-refractivity contribution in [2.75, 3.05) is 6.54 Å². The lowest BCUT2D eigenvalue weighted by Crippen LogP contribution is -2.54. The third-order valence-electron chi connectivity index (χ3n) is 7.39. The van der Waals surface area contributed by atoms with Crippen molar-refractivity contribution in [1.29, 1.82) is 0 Å². The van der Waals surface area contributed by atoms with Crippen LogP contribution in [0.2, 0.25) is 0 Å². The number of carboxylic acids is 1. The average molecular weight is 613 g/mol. The van der Waals surface area contributed by atoms with Gasteiger partial charge in [0.25, 0.3) is 11.8 Å². The molecule has 0 radical (unpaired) electrons. The van der Waals surface area contributed by atoms with Crippen LogP contribution in [0.3, 0.4) is 0 Å². The maximum absolute atomic E-state index is 13.6. The number of carboxylic acid groups (broad SMARTS) is 1. The Morgan fingerprint density at radius 2 is 1.57 bits per heavy atom. The number of alkyl halides is 1. The van der Waals surface area contributed by atoms with Gasteiger partial charge in [-0.15, -0.1) is 0 Å². The second kappa shape index (κ2) is 12.8. The highest BCUT2D eigenvalue weighted by Crippen LogP contribution is 2.26. The fraction of sp³-hybridized carbons (Fsp3) is 0.433. The minimum Gasteiger partial charge on any atom is -0.480 e. The molecule has 3 unspecified atom stereocenters. The molecule has 0 bridgehead atoms. The summed E-state index contributed by atoms with van der Waals surface area (Å²) in [5.41, 5.74) is 2.58. The van der Waals surface area contributed by atoms with Crippen LogP contribution in [0.15, 0.2) is 48.5 Å². The van der Waals surface area contributed by atoms with Crippen LogP contribution in [-0.2, 0) is 27.3 Å². The van der Waals surface area contributed by atoms with Gasteiger partial charge in [-0.25, -0.2) is 4.79 Å². The largest absolute Gasteiger partial charge is 0.480 e. The van der Waals surface area contributed by atoms with Gasteiger partial charge in [-0.1, -0.05) is 72.6 Å². The van der Waals surface area contributed by atoms with Gasteiger partial charge in [0.05, 0.1) is 16.0 Å². The second-order valence-corrected chi connectivity index (χ2v) is 11.9. The standard InChI is InChI=1S/C30H34BrN3O6/c1-18(2)15-25(30(39)40)34-17-20-10-4-3-9-19(20)16-24(29(34)38)32-26(35)23(31)13-7-8-14-33-27(36)21-11-5-6-12-22(21)28(33)37/h3-6,9-12,18,23-25H,7-8,13-17H2,1-2H3,(H,32,35)(H,39,40). The summed E-state index contributed by atoms with van der Waals surface area (Å²) in [6.07, 6.45) is 2.10. The second-order valence-electron chi connectivity index (χ2n) is 10.8. The van der Waals surface area contributed by atoms with E-state index in [1.807, 2.05) is 38.1 Å². The molecule has 0 fully saturated rings. The van der Waals surface area contributed by atoms with E-state index in [4.69, 9.17) is 0 Å². The van der Waals surface area contributed by atoms with Crippen LogP contribution in [-0.4, -0.2) is 68.0 Å². The fourth-order valence-corrected chi connectivity index (χ4v) is 5.75. The molecule has 3 atom stereocenters. The summed E-state index contributed by atoms with van der Waals surface area (Å²) in [5, 5.41) is 12.8. The summed E-state index contributed by atoms with van der Waals surface area (Å²) in [4.78, 5) is 66.0. The van der Waals surface area contributed by atoms with Crippen LogP contribution >= 0.6 is 15.9 Å². The molecule has 2 N–H and O–H groups in total. The summed E-state index contributed by atoms with van der Waals surface area (Å²) < 4.78 is 0. The van der Waals surface area contributed by atoms with E-state index in [2.05, 4.69) is 21.2 Å². The van der Waals surface area contributed by atoms with Gasteiger partial charge in [0.15, 0.2) is 0 Å². The van der Waals surface area contributed by atoms with Crippen molar-refractivity contribution in [3.05, 3.63) is 70.8 Å². The van der Waals surface area contributed by atoms with Gasteiger partial charge < -0.3 is 15.3 Å². The number of aliphatic carboxylic acids is 1. The Labute approximate surface area is 242 Å². The molecule has 2 heterocycles. The van der Waals surface area contributed by atoms with E-state index in [9.17, 15) is 29.1 Å². The molecule has 4 rings (SSSR count). The van der Waals surface area contributed by atoms with Crippen molar-refractivity contribution in [1.82, 2.24) is 15.1 Å². The number of fused-ring (bicyclic) bond motifs is 2. The third kappa shape index (κ3) is 6.43. The SMILES string of the molecule is CC(C)CC(C(=O)O)N1Cc2ccccc2CC(NC(=O)C(Br)CCCCN2C(=O)c3ccccc3C2=O)C1=O. The number of halogens is 1. The van der Waals surface area contributed by atoms with Crippen LogP contribution in [0.25, 0.3) is 0 Å².